The summed E-state index contributed by atoms with van der Waals surface area (Å²) in [6.07, 6.45) is 6.14. The number of aromatic nitrogens is 4. The molecule has 0 saturated carbocycles. The molecule has 2 aromatic heterocycles. The second-order valence-electron chi connectivity index (χ2n) is 6.23. The van der Waals surface area contributed by atoms with Crippen molar-refractivity contribution in [1.82, 2.24) is 29.7 Å². The molecule has 0 aliphatic heterocycles. The van der Waals surface area contributed by atoms with Gasteiger partial charge in [-0.25, -0.2) is 28.7 Å². The van der Waals surface area contributed by atoms with Crippen molar-refractivity contribution < 1.29 is 36.1 Å². The van der Waals surface area contributed by atoms with Gasteiger partial charge < -0.3 is 37.2 Å². The molecule has 0 fully saturated rings. The summed E-state index contributed by atoms with van der Waals surface area (Å²) < 4.78 is 34.5. The van der Waals surface area contributed by atoms with Crippen molar-refractivity contribution >= 4 is 51.3 Å². The maximum absolute atomic E-state index is 12.7. The molecule has 2 amide bonds. The maximum atomic E-state index is 12.7. The van der Waals surface area contributed by atoms with E-state index in [0.717, 1.165) is 21.6 Å². The summed E-state index contributed by atoms with van der Waals surface area (Å²) in [4.78, 5) is 33.7. The monoisotopic (exact) mass is 552 g/mol. The average Bonchev–Trinajstić information content (AvgIpc) is 3.54. The summed E-state index contributed by atoms with van der Waals surface area (Å²) in [5.74, 6) is 0. The third-order valence-electron chi connectivity index (χ3n) is 4.62. The van der Waals surface area contributed by atoms with Gasteiger partial charge in [0.15, 0.2) is 10.3 Å². The van der Waals surface area contributed by atoms with Crippen LogP contribution >= 0.6 is 21.6 Å². The van der Waals surface area contributed by atoms with Gasteiger partial charge in [-0.05, 0) is 21.6 Å². The van der Waals surface area contributed by atoms with E-state index < -0.39 is 29.7 Å². The summed E-state index contributed by atoms with van der Waals surface area (Å²) in [5.41, 5.74) is 0. The Labute approximate surface area is 207 Å². The molecule has 0 atom stereocenters. The first kappa shape index (κ1) is 28.5. The van der Waals surface area contributed by atoms with E-state index in [-0.39, 0.29) is 12.3 Å². The van der Waals surface area contributed by atoms with E-state index in [9.17, 15) is 9.59 Å². The highest BCUT2D eigenvalue weighted by Gasteiger charge is 2.39. The van der Waals surface area contributed by atoms with Crippen LogP contribution in [0.4, 0.5) is 9.59 Å². The average molecular weight is 553 g/mol. The number of rotatable bonds is 13. The molecule has 0 radical (unpaired) electrons. The summed E-state index contributed by atoms with van der Waals surface area (Å²) >= 11 is 0. The number of amides is 2. The molecule has 2 rings (SSSR count). The van der Waals surface area contributed by atoms with Crippen molar-refractivity contribution in [1.29, 1.82) is 0 Å². The molecule has 2 heterocycles. The van der Waals surface area contributed by atoms with Crippen LogP contribution in [0.2, 0.25) is 0 Å². The molecule has 14 nitrogen and oxygen atoms in total. The largest absolute Gasteiger partial charge is 0.520 e. The normalized spacial score (nSPS) is 12.1. The van der Waals surface area contributed by atoms with Crippen LogP contribution in [0, 0.1) is 0 Å². The number of imidazole rings is 2. The van der Waals surface area contributed by atoms with Crippen molar-refractivity contribution in [3.8, 4) is 0 Å². The van der Waals surface area contributed by atoms with Crippen LogP contribution in [-0.2, 0) is 26.6 Å². The SMILES string of the molecule is CO[Si](CNC(=O)n1ccnc1SSc1nccn1C(=O)NC[Si](OC)(OC)OC)(OC)OC. The third-order valence-corrected chi connectivity index (χ3v) is 11.7. The molecule has 0 bridgehead atoms. The summed E-state index contributed by atoms with van der Waals surface area (Å²) in [7, 11) is 5.10. The molecule has 2 N–H and O–H groups in total. The van der Waals surface area contributed by atoms with Gasteiger partial charge in [0.05, 0.1) is 12.3 Å². The lowest BCUT2D eigenvalue weighted by atomic mass is 10.8. The zero-order chi connectivity index (χ0) is 25.2. The van der Waals surface area contributed by atoms with E-state index in [2.05, 4.69) is 20.6 Å². The fourth-order valence-corrected chi connectivity index (χ4v) is 7.15. The zero-order valence-electron chi connectivity index (χ0n) is 19.6. The second-order valence-corrected chi connectivity index (χ2v) is 14.2. The van der Waals surface area contributed by atoms with Gasteiger partial charge in [-0.1, -0.05) is 0 Å². The van der Waals surface area contributed by atoms with E-state index in [1.54, 1.807) is 0 Å². The van der Waals surface area contributed by atoms with E-state index in [4.69, 9.17) is 26.6 Å². The molecule has 2 aromatic rings. The third kappa shape index (κ3) is 6.90. The highest BCUT2D eigenvalue weighted by atomic mass is 33.1. The van der Waals surface area contributed by atoms with Crippen LogP contribution in [0.15, 0.2) is 35.1 Å². The topological polar surface area (TPSA) is 149 Å². The van der Waals surface area contributed by atoms with Crippen molar-refractivity contribution in [2.75, 3.05) is 55.0 Å². The minimum absolute atomic E-state index is 0.0740. The Balaban J connectivity index is 2.01. The van der Waals surface area contributed by atoms with Crippen molar-refractivity contribution in [3.05, 3.63) is 24.8 Å². The molecule has 190 valence electrons. The fourth-order valence-electron chi connectivity index (χ4n) is 2.56. The standard InChI is InChI=1S/C16H28N6O8S2Si2/c1-25-33(26-2,27-3)11-19-13(23)21-9-7-17-15(21)31-32-16-18-8-10-22(16)14(24)20-12-34(28-4,29-5)30-6/h7-10H,11-12H2,1-6H3,(H,19,23)(H,20,24). The van der Waals surface area contributed by atoms with Crippen molar-refractivity contribution in [2.24, 2.45) is 0 Å². The number of nitrogens with zero attached hydrogens (tertiary/aromatic N) is 4. The predicted molar refractivity (Wildman–Crippen MR) is 127 cm³/mol. The minimum atomic E-state index is -2.98. The molecule has 0 saturated heterocycles. The molecule has 34 heavy (non-hydrogen) atoms. The van der Waals surface area contributed by atoms with Gasteiger partial charge in [0.1, 0.15) is 0 Å². The number of carbonyl (C=O) groups is 2. The van der Waals surface area contributed by atoms with E-state index in [1.807, 2.05) is 0 Å². The molecular weight excluding hydrogens is 525 g/mol. The Morgan fingerprint density at radius 3 is 1.35 bits per heavy atom. The zero-order valence-corrected chi connectivity index (χ0v) is 23.2. The Morgan fingerprint density at radius 2 is 1.06 bits per heavy atom. The van der Waals surface area contributed by atoms with Gasteiger partial charge in [0.2, 0.25) is 0 Å². The van der Waals surface area contributed by atoms with E-state index in [0.29, 0.717) is 10.3 Å². The first-order valence-corrected chi connectivity index (χ1v) is 15.6. The Kier molecular flexibility index (Phi) is 11.2. The van der Waals surface area contributed by atoms with Gasteiger partial charge in [0, 0.05) is 67.4 Å². The van der Waals surface area contributed by atoms with Crippen molar-refractivity contribution in [2.45, 2.75) is 10.3 Å². The molecule has 0 aliphatic carbocycles. The van der Waals surface area contributed by atoms with Crippen LogP contribution in [-0.4, -0.2) is 104 Å². The van der Waals surface area contributed by atoms with Crippen LogP contribution in [0.25, 0.3) is 0 Å². The predicted octanol–water partition coefficient (Wildman–Crippen LogP) is 0.829. The molecule has 0 aromatic carbocycles. The molecular formula is C16H28N6O8S2Si2. The van der Waals surface area contributed by atoms with E-state index in [1.165, 1.54) is 76.6 Å². The first-order chi connectivity index (χ1) is 16.3. The van der Waals surface area contributed by atoms with Gasteiger partial charge in [0.25, 0.3) is 0 Å². The number of carbonyl (C=O) groups excluding carboxylic acids is 2. The summed E-state index contributed by atoms with van der Waals surface area (Å²) in [6, 6.07) is -0.880. The van der Waals surface area contributed by atoms with Gasteiger partial charge in [-0.15, -0.1) is 0 Å². The summed E-state index contributed by atoms with van der Waals surface area (Å²) in [6.45, 7) is 0. The number of hydrogen-bond acceptors (Lipinski definition) is 12. The molecule has 0 spiro atoms. The Bertz CT molecular complexity index is 849. The molecule has 18 heteroatoms. The molecule has 0 unspecified atom stereocenters. The van der Waals surface area contributed by atoms with Gasteiger partial charge in [-0.3, -0.25) is 0 Å². The maximum Gasteiger partial charge on any atom is 0.520 e. The van der Waals surface area contributed by atoms with E-state index >= 15 is 0 Å². The molecule has 0 aliphatic rings. The smallest absolute Gasteiger partial charge is 0.376 e. The Hall–Kier alpha value is -1.75. The summed E-state index contributed by atoms with van der Waals surface area (Å²) in [5, 5.41) is 6.19. The van der Waals surface area contributed by atoms with Gasteiger partial charge in [-0.2, -0.15) is 0 Å². The lowest BCUT2D eigenvalue weighted by Gasteiger charge is -2.24. The lowest BCUT2D eigenvalue weighted by molar-refractivity contribution is 0.122. The van der Waals surface area contributed by atoms with Crippen LogP contribution in [0.3, 0.4) is 0 Å². The minimum Gasteiger partial charge on any atom is -0.376 e. The van der Waals surface area contributed by atoms with Crippen LogP contribution in [0.5, 0.6) is 0 Å². The first-order valence-electron chi connectivity index (χ1n) is 9.61. The van der Waals surface area contributed by atoms with Crippen LogP contribution < -0.4 is 10.6 Å². The van der Waals surface area contributed by atoms with Gasteiger partial charge >= 0.3 is 29.7 Å². The number of hydrogen-bond donors (Lipinski definition) is 2. The quantitative estimate of drug-likeness (QED) is 0.268. The highest BCUT2D eigenvalue weighted by Crippen LogP contribution is 2.35. The number of nitrogens with one attached hydrogen (secondary N) is 2. The van der Waals surface area contributed by atoms with Crippen LogP contribution in [0.1, 0.15) is 0 Å². The lowest BCUT2D eigenvalue weighted by Crippen LogP contribution is -2.53. The second kappa shape index (κ2) is 13.4. The Morgan fingerprint density at radius 1 is 0.735 bits per heavy atom. The van der Waals surface area contributed by atoms with Crippen molar-refractivity contribution in [3.63, 3.8) is 0 Å². The highest BCUT2D eigenvalue weighted by molar-refractivity contribution is 8.76. The fraction of sp³-hybridized carbons (Fsp3) is 0.500.